The molecular formula is C20H20N6O2S. The van der Waals surface area contributed by atoms with E-state index in [2.05, 4.69) is 20.6 Å². The monoisotopic (exact) mass is 408 g/mol. The number of aromatic nitrogens is 5. The van der Waals surface area contributed by atoms with E-state index >= 15 is 0 Å². The highest BCUT2D eigenvalue weighted by atomic mass is 32.1. The van der Waals surface area contributed by atoms with Crippen LogP contribution in [-0.2, 0) is 17.9 Å². The molecule has 1 N–H and O–H groups in total. The van der Waals surface area contributed by atoms with Crippen molar-refractivity contribution >= 4 is 33.3 Å². The molecule has 0 radical (unpaired) electrons. The Morgan fingerprint density at radius 2 is 2.03 bits per heavy atom. The van der Waals surface area contributed by atoms with Gasteiger partial charge in [-0.2, -0.15) is 5.10 Å². The van der Waals surface area contributed by atoms with E-state index in [0.29, 0.717) is 28.9 Å². The van der Waals surface area contributed by atoms with Crippen LogP contribution in [0.4, 0.5) is 5.13 Å². The summed E-state index contributed by atoms with van der Waals surface area (Å²) in [5, 5.41) is 17.3. The minimum Gasteiger partial charge on any atom is -0.377 e. The summed E-state index contributed by atoms with van der Waals surface area (Å²) in [6.07, 6.45) is 0. The number of hydrogen-bond donors (Lipinski definition) is 1. The van der Waals surface area contributed by atoms with Gasteiger partial charge in [0, 0.05) is 18.2 Å². The second-order valence-electron chi connectivity index (χ2n) is 6.65. The average molecular weight is 408 g/mol. The fraction of sp³-hybridized carbons (Fsp3) is 0.250. The van der Waals surface area contributed by atoms with Gasteiger partial charge in [0.15, 0.2) is 0 Å². The van der Waals surface area contributed by atoms with Gasteiger partial charge in [0.05, 0.1) is 29.0 Å². The Morgan fingerprint density at radius 1 is 1.21 bits per heavy atom. The molecule has 3 heterocycles. The summed E-state index contributed by atoms with van der Waals surface area (Å²) in [6, 6.07) is 11.4. The van der Waals surface area contributed by atoms with Crippen LogP contribution in [-0.4, -0.2) is 38.0 Å². The number of carbonyl (C=O) groups is 1. The number of rotatable bonds is 6. The fourth-order valence-electron chi connectivity index (χ4n) is 3.14. The first-order valence-electron chi connectivity index (χ1n) is 9.06. The average Bonchev–Trinajstić information content (AvgIpc) is 3.26. The second-order valence-corrected chi connectivity index (χ2v) is 7.71. The van der Waals surface area contributed by atoms with Gasteiger partial charge < -0.3 is 4.74 Å². The lowest BCUT2D eigenvalue weighted by Crippen LogP contribution is -2.14. The number of pyridine rings is 1. The SMILES string of the molecule is COCc1nnc(NC(=O)c2cc(Cn3nc(C)cc3C)nc3ccccc23)s1. The molecule has 3 aromatic heterocycles. The van der Waals surface area contributed by atoms with E-state index in [9.17, 15) is 4.79 Å². The van der Waals surface area contributed by atoms with Crippen molar-refractivity contribution in [1.82, 2.24) is 25.0 Å². The minimum absolute atomic E-state index is 0.252. The summed E-state index contributed by atoms with van der Waals surface area (Å²) in [6.45, 7) is 4.80. The molecule has 4 rings (SSSR count). The Bertz CT molecular complexity index is 1180. The number of ether oxygens (including phenoxy) is 1. The zero-order chi connectivity index (χ0) is 20.4. The van der Waals surface area contributed by atoms with Gasteiger partial charge in [-0.15, -0.1) is 10.2 Å². The molecule has 0 atom stereocenters. The van der Waals surface area contributed by atoms with Crippen molar-refractivity contribution < 1.29 is 9.53 Å². The first-order valence-corrected chi connectivity index (χ1v) is 9.87. The molecule has 0 fully saturated rings. The van der Waals surface area contributed by atoms with E-state index in [4.69, 9.17) is 9.72 Å². The number of benzene rings is 1. The lowest BCUT2D eigenvalue weighted by atomic mass is 10.1. The third kappa shape index (κ3) is 4.15. The Balaban J connectivity index is 1.68. The van der Waals surface area contributed by atoms with Crippen molar-refractivity contribution in [2.24, 2.45) is 0 Å². The molecule has 0 unspecified atom stereocenters. The molecule has 4 aromatic rings. The molecule has 0 bridgehead atoms. The van der Waals surface area contributed by atoms with Crippen LogP contribution in [0.5, 0.6) is 0 Å². The van der Waals surface area contributed by atoms with E-state index in [-0.39, 0.29) is 5.91 Å². The smallest absolute Gasteiger partial charge is 0.258 e. The maximum atomic E-state index is 13.0. The molecule has 0 aliphatic carbocycles. The molecule has 8 nitrogen and oxygen atoms in total. The molecule has 1 amide bonds. The third-order valence-corrected chi connectivity index (χ3v) is 5.20. The highest BCUT2D eigenvalue weighted by Crippen LogP contribution is 2.22. The van der Waals surface area contributed by atoms with E-state index in [0.717, 1.165) is 28.0 Å². The molecule has 29 heavy (non-hydrogen) atoms. The normalized spacial score (nSPS) is 11.1. The number of carbonyl (C=O) groups excluding carboxylic acids is 1. The zero-order valence-corrected chi connectivity index (χ0v) is 17.2. The Kier molecular flexibility index (Phi) is 5.32. The third-order valence-electron chi connectivity index (χ3n) is 4.38. The van der Waals surface area contributed by atoms with Gasteiger partial charge in [0.1, 0.15) is 11.6 Å². The summed E-state index contributed by atoms with van der Waals surface area (Å²) < 4.78 is 6.94. The molecule has 148 valence electrons. The largest absolute Gasteiger partial charge is 0.377 e. The van der Waals surface area contributed by atoms with Crippen LogP contribution in [0.15, 0.2) is 36.4 Å². The minimum atomic E-state index is -0.252. The Hall–Kier alpha value is -3.17. The van der Waals surface area contributed by atoms with Crippen LogP contribution >= 0.6 is 11.3 Å². The van der Waals surface area contributed by atoms with E-state index in [1.165, 1.54) is 11.3 Å². The van der Waals surface area contributed by atoms with Crippen LogP contribution in [0.25, 0.3) is 10.9 Å². The van der Waals surface area contributed by atoms with Gasteiger partial charge in [-0.1, -0.05) is 29.5 Å². The van der Waals surface area contributed by atoms with Crippen molar-refractivity contribution in [3.8, 4) is 0 Å². The molecule has 1 aromatic carbocycles. The maximum Gasteiger partial charge on any atom is 0.258 e. The standard InChI is InChI=1S/C20H20N6O2S/c1-12-8-13(2)26(25-12)10-14-9-16(15-6-4-5-7-17(15)21-14)19(27)22-20-24-23-18(29-20)11-28-3/h4-9H,10-11H2,1-3H3,(H,22,24,27). The van der Waals surface area contributed by atoms with Crippen LogP contribution in [0.1, 0.15) is 32.4 Å². The van der Waals surface area contributed by atoms with Crippen LogP contribution < -0.4 is 5.32 Å². The van der Waals surface area contributed by atoms with Gasteiger partial charge in [-0.3, -0.25) is 19.8 Å². The number of methoxy groups -OCH3 is 1. The molecule has 0 saturated heterocycles. The Morgan fingerprint density at radius 3 is 2.79 bits per heavy atom. The molecule has 0 saturated carbocycles. The number of nitrogens with one attached hydrogen (secondary N) is 1. The first-order chi connectivity index (χ1) is 14.0. The van der Waals surface area contributed by atoms with Crippen molar-refractivity contribution in [3.63, 3.8) is 0 Å². The number of hydrogen-bond acceptors (Lipinski definition) is 7. The lowest BCUT2D eigenvalue weighted by molar-refractivity contribution is 0.102. The highest BCUT2D eigenvalue weighted by Gasteiger charge is 2.16. The molecular weight excluding hydrogens is 388 g/mol. The number of aryl methyl sites for hydroxylation is 2. The van der Waals surface area contributed by atoms with Gasteiger partial charge >= 0.3 is 0 Å². The van der Waals surface area contributed by atoms with Crippen LogP contribution in [0.3, 0.4) is 0 Å². The second kappa shape index (κ2) is 8.06. The van der Waals surface area contributed by atoms with Gasteiger partial charge in [-0.25, -0.2) is 0 Å². The highest BCUT2D eigenvalue weighted by molar-refractivity contribution is 7.15. The topological polar surface area (TPSA) is 94.8 Å². The first kappa shape index (κ1) is 19.2. The number of amides is 1. The quantitative estimate of drug-likeness (QED) is 0.526. The van der Waals surface area contributed by atoms with Crippen LogP contribution in [0, 0.1) is 13.8 Å². The predicted octanol–water partition coefficient (Wildman–Crippen LogP) is 3.35. The number of para-hydroxylation sites is 1. The van der Waals surface area contributed by atoms with Crippen molar-refractivity contribution in [1.29, 1.82) is 0 Å². The van der Waals surface area contributed by atoms with Gasteiger partial charge in [0.25, 0.3) is 5.91 Å². The van der Waals surface area contributed by atoms with Gasteiger partial charge in [-0.05, 0) is 32.0 Å². The Labute approximate surface area is 171 Å². The fourth-order valence-corrected chi connectivity index (χ4v) is 3.84. The summed E-state index contributed by atoms with van der Waals surface area (Å²) in [4.78, 5) is 17.7. The summed E-state index contributed by atoms with van der Waals surface area (Å²) in [5.41, 5.74) is 4.05. The van der Waals surface area contributed by atoms with E-state index in [1.807, 2.05) is 54.9 Å². The number of fused-ring (bicyclic) bond motifs is 1. The summed E-state index contributed by atoms with van der Waals surface area (Å²) >= 11 is 1.29. The van der Waals surface area contributed by atoms with E-state index < -0.39 is 0 Å². The summed E-state index contributed by atoms with van der Waals surface area (Å²) in [5.74, 6) is -0.252. The van der Waals surface area contributed by atoms with Gasteiger partial charge in [0.2, 0.25) is 5.13 Å². The van der Waals surface area contributed by atoms with E-state index in [1.54, 1.807) is 7.11 Å². The zero-order valence-electron chi connectivity index (χ0n) is 16.3. The van der Waals surface area contributed by atoms with Crippen molar-refractivity contribution in [3.05, 3.63) is 64.1 Å². The van der Waals surface area contributed by atoms with Crippen molar-refractivity contribution in [2.75, 3.05) is 12.4 Å². The number of anilines is 1. The molecule has 0 aliphatic rings. The van der Waals surface area contributed by atoms with Crippen molar-refractivity contribution in [2.45, 2.75) is 27.0 Å². The molecule has 0 aliphatic heterocycles. The number of nitrogens with zero attached hydrogens (tertiary/aromatic N) is 5. The summed E-state index contributed by atoms with van der Waals surface area (Å²) in [7, 11) is 1.59. The predicted molar refractivity (Wildman–Crippen MR) is 111 cm³/mol. The molecule has 0 spiro atoms. The molecule has 9 heteroatoms. The lowest BCUT2D eigenvalue weighted by Gasteiger charge is -2.10. The van der Waals surface area contributed by atoms with Crippen LogP contribution in [0.2, 0.25) is 0 Å². The maximum absolute atomic E-state index is 13.0.